The number of thioether (sulfide) groups is 1. The topological polar surface area (TPSA) is 115 Å². The van der Waals surface area contributed by atoms with Gasteiger partial charge < -0.3 is 30.7 Å². The van der Waals surface area contributed by atoms with Crippen molar-refractivity contribution in [1.82, 2.24) is 10.6 Å². The Morgan fingerprint density at radius 3 is 2.60 bits per heavy atom. The molecule has 0 spiro atoms. The number of aliphatic imine (C=N–C) groups is 1. The number of carbonyl (C=O) groups excluding carboxylic acids is 2. The number of nitrogens with zero attached hydrogens (tertiary/aromatic N) is 2. The Kier molecular flexibility index (Phi) is 9.69. The third-order valence-electron chi connectivity index (χ3n) is 7.30. The van der Waals surface area contributed by atoms with Crippen molar-refractivity contribution < 1.29 is 19.4 Å². The summed E-state index contributed by atoms with van der Waals surface area (Å²) >= 11 is 1.57. The largest absolute Gasteiger partial charge is 0.463 e. The Bertz CT molecular complexity index is 1470. The third kappa shape index (κ3) is 7.95. The molecule has 2 aliphatic heterocycles. The zero-order valence-corrected chi connectivity index (χ0v) is 25.6. The lowest BCUT2D eigenvalue weighted by atomic mass is 9.99. The van der Waals surface area contributed by atoms with Crippen LogP contribution in [0.2, 0.25) is 0 Å². The maximum atomic E-state index is 13.9. The van der Waals surface area contributed by atoms with Crippen molar-refractivity contribution in [2.45, 2.75) is 56.3 Å². The molecule has 2 heterocycles. The van der Waals surface area contributed by atoms with E-state index in [0.717, 1.165) is 33.0 Å². The molecule has 0 bridgehead atoms. The van der Waals surface area contributed by atoms with E-state index >= 15 is 0 Å². The normalized spacial score (nSPS) is 17.4. The van der Waals surface area contributed by atoms with E-state index in [9.17, 15) is 14.7 Å². The van der Waals surface area contributed by atoms with Crippen LogP contribution in [0, 0.1) is 0 Å². The molecule has 0 aromatic heterocycles. The Morgan fingerprint density at radius 2 is 1.86 bits per heavy atom. The predicted molar refractivity (Wildman–Crippen MR) is 172 cm³/mol. The summed E-state index contributed by atoms with van der Waals surface area (Å²) in [6.07, 6.45) is -0.338. The number of hydrogen-bond donors (Lipinski definition) is 4. The van der Waals surface area contributed by atoms with Crippen LogP contribution in [0.5, 0.6) is 0 Å². The van der Waals surface area contributed by atoms with Gasteiger partial charge in [-0.25, -0.2) is 4.99 Å². The van der Waals surface area contributed by atoms with Gasteiger partial charge in [0.1, 0.15) is 12.6 Å². The van der Waals surface area contributed by atoms with Gasteiger partial charge in [-0.2, -0.15) is 0 Å². The summed E-state index contributed by atoms with van der Waals surface area (Å²) < 4.78 is 5.54. The van der Waals surface area contributed by atoms with Crippen LogP contribution in [-0.2, 0) is 20.9 Å². The number of aliphatic hydroxyl groups excluding tert-OH is 1. The van der Waals surface area contributed by atoms with Crippen LogP contribution < -0.4 is 20.9 Å². The Morgan fingerprint density at radius 1 is 1.12 bits per heavy atom. The summed E-state index contributed by atoms with van der Waals surface area (Å²) in [5.74, 6) is 0.0900. The molecular formula is C33H39N5O4S. The number of amidine groups is 1. The van der Waals surface area contributed by atoms with Gasteiger partial charge in [0.2, 0.25) is 5.91 Å². The number of carbonyl (C=O) groups is 2. The lowest BCUT2D eigenvalue weighted by molar-refractivity contribution is -0.127. The lowest BCUT2D eigenvalue weighted by Gasteiger charge is -2.29. The molecule has 0 saturated heterocycles. The summed E-state index contributed by atoms with van der Waals surface area (Å²) in [4.78, 5) is 34.1. The van der Waals surface area contributed by atoms with E-state index in [2.05, 4.69) is 33.1 Å². The molecule has 10 heteroatoms. The van der Waals surface area contributed by atoms with E-state index in [0.29, 0.717) is 38.0 Å². The molecule has 5 rings (SSSR count). The zero-order chi connectivity index (χ0) is 30.4. The second kappa shape index (κ2) is 13.6. The van der Waals surface area contributed by atoms with Crippen molar-refractivity contribution in [1.29, 1.82) is 0 Å². The van der Waals surface area contributed by atoms with Crippen molar-refractivity contribution in [2.75, 3.05) is 35.7 Å². The Balaban J connectivity index is 1.32. The van der Waals surface area contributed by atoms with Crippen molar-refractivity contribution in [3.8, 4) is 11.1 Å². The fourth-order valence-corrected chi connectivity index (χ4v) is 6.17. The van der Waals surface area contributed by atoms with Crippen molar-refractivity contribution in [3.63, 3.8) is 0 Å². The Hall–Kier alpha value is -3.86. The summed E-state index contributed by atoms with van der Waals surface area (Å²) in [6.45, 7) is 7.51. The van der Waals surface area contributed by atoms with Crippen LogP contribution in [-0.4, -0.2) is 66.1 Å². The number of ether oxygens (including phenoxy) is 1. The zero-order valence-electron chi connectivity index (χ0n) is 24.8. The number of aliphatic hydroxyl groups is 1. The molecule has 3 aromatic rings. The second-order valence-corrected chi connectivity index (χ2v) is 12.6. The highest BCUT2D eigenvalue weighted by atomic mass is 32.2. The molecule has 0 saturated carbocycles. The van der Waals surface area contributed by atoms with Gasteiger partial charge in [0, 0.05) is 34.7 Å². The molecule has 9 nitrogen and oxygen atoms in total. The first-order valence-corrected chi connectivity index (χ1v) is 15.6. The minimum absolute atomic E-state index is 0.142. The molecule has 4 N–H and O–H groups in total. The first-order valence-electron chi connectivity index (χ1n) is 14.6. The molecule has 226 valence electrons. The van der Waals surface area contributed by atoms with Crippen molar-refractivity contribution in [2.24, 2.45) is 4.99 Å². The summed E-state index contributed by atoms with van der Waals surface area (Å²) in [5.41, 5.74) is 4.24. The molecule has 0 unspecified atom stereocenters. The number of benzene rings is 3. The molecule has 0 aliphatic carbocycles. The van der Waals surface area contributed by atoms with Gasteiger partial charge in [0.05, 0.1) is 30.6 Å². The number of amides is 2. The highest BCUT2D eigenvalue weighted by molar-refractivity contribution is 7.99. The molecule has 2 aliphatic rings. The van der Waals surface area contributed by atoms with Gasteiger partial charge in [-0.3, -0.25) is 9.59 Å². The third-order valence-corrected chi connectivity index (χ3v) is 8.46. The quantitative estimate of drug-likeness (QED) is 0.272. The van der Waals surface area contributed by atoms with Crippen LogP contribution in [0.1, 0.15) is 32.8 Å². The van der Waals surface area contributed by atoms with Crippen LogP contribution in [0.4, 0.5) is 11.4 Å². The second-order valence-electron chi connectivity index (χ2n) is 11.5. The number of fused-ring (bicyclic) bond motifs is 1. The number of rotatable bonds is 10. The summed E-state index contributed by atoms with van der Waals surface area (Å²) in [6, 6.07) is 23.9. The number of nitrogens with one attached hydrogen (secondary N) is 3. The highest BCUT2D eigenvalue weighted by Crippen LogP contribution is 2.36. The summed E-state index contributed by atoms with van der Waals surface area (Å²) in [7, 11) is 0. The summed E-state index contributed by atoms with van der Waals surface area (Å²) in [5, 5.41) is 19.1. The van der Waals surface area contributed by atoms with E-state index in [1.807, 2.05) is 74.5 Å². The highest BCUT2D eigenvalue weighted by Gasteiger charge is 2.33. The number of anilines is 2. The first-order chi connectivity index (χ1) is 20.7. The van der Waals surface area contributed by atoms with Crippen LogP contribution in [0.3, 0.4) is 0 Å². The fraction of sp³-hybridized carbons (Fsp3) is 0.364. The maximum Gasteiger partial charge on any atom is 0.289 e. The molecule has 0 fully saturated rings. The SMILES string of the molecule is C[C@@H](O)CNC(C)(C)CC(=O)N[C@@H]1CSc2ccccc2N(Cc2ccc(-c3ccccc3NC3=NCCO3)cc2)C1=O. The lowest BCUT2D eigenvalue weighted by Crippen LogP contribution is -2.52. The predicted octanol–water partition coefficient (Wildman–Crippen LogP) is 4.41. The van der Waals surface area contributed by atoms with E-state index < -0.39 is 17.7 Å². The van der Waals surface area contributed by atoms with Gasteiger partial charge in [0.25, 0.3) is 11.9 Å². The van der Waals surface area contributed by atoms with Crippen LogP contribution in [0.15, 0.2) is 82.7 Å². The minimum atomic E-state index is -0.671. The number of hydrogen-bond acceptors (Lipinski definition) is 8. The molecular weight excluding hydrogens is 562 g/mol. The van der Waals surface area contributed by atoms with Gasteiger partial charge in [0.15, 0.2) is 0 Å². The van der Waals surface area contributed by atoms with E-state index in [4.69, 9.17) is 4.74 Å². The van der Waals surface area contributed by atoms with Gasteiger partial charge in [-0.15, -0.1) is 11.8 Å². The minimum Gasteiger partial charge on any atom is -0.463 e. The van der Waals surface area contributed by atoms with Crippen molar-refractivity contribution in [3.05, 3.63) is 78.4 Å². The average Bonchev–Trinajstić information content (AvgIpc) is 3.46. The molecule has 3 aromatic carbocycles. The van der Waals surface area contributed by atoms with Crippen LogP contribution in [0.25, 0.3) is 11.1 Å². The molecule has 43 heavy (non-hydrogen) atoms. The molecule has 2 atom stereocenters. The monoisotopic (exact) mass is 601 g/mol. The first kappa shape index (κ1) is 30.6. The molecule has 0 radical (unpaired) electrons. The van der Waals surface area contributed by atoms with E-state index in [1.54, 1.807) is 23.6 Å². The van der Waals surface area contributed by atoms with Gasteiger partial charge in [-0.1, -0.05) is 54.6 Å². The number of β-amino-alcohol motifs (C(OH)–C–C–N with tert-alkyl or cyclic N) is 1. The van der Waals surface area contributed by atoms with Crippen molar-refractivity contribution >= 4 is 41.0 Å². The standard InChI is InChI=1S/C33H39N5O4S/c1-22(39)19-35-33(2,3)18-30(40)36-27-21-43-29-11-7-6-10-28(29)38(31(27)41)20-23-12-14-24(15-13-23)25-8-4-5-9-26(25)37-32-34-16-17-42-32/h4-15,22,27,35,39H,16-21H2,1-3H3,(H,34,37)(H,36,40)/t22-,27-/m1/s1. The van der Waals surface area contributed by atoms with Gasteiger partial charge in [-0.05, 0) is 50.1 Å². The van der Waals surface area contributed by atoms with Crippen LogP contribution >= 0.6 is 11.8 Å². The number of para-hydroxylation sites is 2. The fourth-order valence-electron chi connectivity index (χ4n) is 5.10. The van der Waals surface area contributed by atoms with Gasteiger partial charge >= 0.3 is 0 Å². The van der Waals surface area contributed by atoms with E-state index in [-0.39, 0.29) is 18.2 Å². The maximum absolute atomic E-state index is 13.9. The molecule has 2 amide bonds. The van der Waals surface area contributed by atoms with E-state index in [1.165, 1.54) is 0 Å². The smallest absolute Gasteiger partial charge is 0.289 e. The average molecular weight is 602 g/mol. The Labute approximate surface area is 257 Å².